The van der Waals surface area contributed by atoms with E-state index in [-0.39, 0.29) is 28.5 Å². The Morgan fingerprint density at radius 1 is 1.15 bits per heavy atom. The molecule has 9 rings (SSSR count). The van der Waals surface area contributed by atoms with Crippen molar-refractivity contribution >= 4 is 27.5 Å². The van der Waals surface area contributed by atoms with Crippen LogP contribution in [0.5, 0.6) is 11.8 Å². The van der Waals surface area contributed by atoms with E-state index >= 15 is 4.39 Å². The van der Waals surface area contributed by atoms with Gasteiger partial charge in [-0.3, -0.25) is 9.88 Å². The van der Waals surface area contributed by atoms with Crippen LogP contribution < -0.4 is 15.0 Å². The predicted molar refractivity (Wildman–Crippen MR) is 176 cm³/mol. The first-order valence-electron chi connectivity index (χ1n) is 16.6. The van der Waals surface area contributed by atoms with Gasteiger partial charge in [0.1, 0.15) is 29.4 Å². The topological polar surface area (TPSA) is 89.9 Å². The molecule has 2 bridgehead atoms. The van der Waals surface area contributed by atoms with E-state index in [2.05, 4.69) is 38.0 Å². The van der Waals surface area contributed by atoms with Gasteiger partial charge < -0.3 is 25.0 Å². The molecule has 7 heterocycles. The van der Waals surface area contributed by atoms with Crippen LogP contribution in [-0.4, -0.2) is 99.9 Å². The Kier molecular flexibility index (Phi) is 6.43. The first-order valence-corrected chi connectivity index (χ1v) is 16.6. The number of anilines is 1. The van der Waals surface area contributed by atoms with E-state index in [1.165, 1.54) is 6.07 Å². The summed E-state index contributed by atoms with van der Waals surface area (Å²) >= 11 is 0. The number of hydrogen-bond donors (Lipinski definition) is 2. The SMILES string of the molecule is C#Cc1cccc2cc(O)cc(-c3ncc4c(N5CC6CCC(C5)N6)nc(OCC56CCCN5C5CN(C)CC5C6)nc4c3F)c12. The van der Waals surface area contributed by atoms with E-state index < -0.39 is 5.82 Å². The van der Waals surface area contributed by atoms with Crippen LogP contribution in [0.3, 0.4) is 0 Å². The highest BCUT2D eigenvalue weighted by atomic mass is 19.1. The Hall–Kier alpha value is -4.04. The van der Waals surface area contributed by atoms with E-state index in [0.717, 1.165) is 64.8 Å². The van der Waals surface area contributed by atoms with Crippen molar-refractivity contribution in [3.63, 3.8) is 0 Å². The number of piperazine rings is 1. The molecular weight excluding hydrogens is 581 g/mol. The zero-order valence-corrected chi connectivity index (χ0v) is 26.0. The monoisotopic (exact) mass is 619 g/mol. The molecule has 5 fully saturated rings. The summed E-state index contributed by atoms with van der Waals surface area (Å²) in [4.78, 5) is 21.7. The number of aromatic hydroxyl groups is 1. The second-order valence-corrected chi connectivity index (χ2v) is 14.2. The van der Waals surface area contributed by atoms with Gasteiger partial charge in [0.15, 0.2) is 5.82 Å². The van der Waals surface area contributed by atoms with Crippen LogP contribution in [0.1, 0.15) is 37.7 Å². The number of aromatic nitrogens is 3. The van der Waals surface area contributed by atoms with Crippen molar-refractivity contribution in [2.75, 3.05) is 51.3 Å². The maximum atomic E-state index is 16.9. The van der Waals surface area contributed by atoms with Crippen molar-refractivity contribution in [3.05, 3.63) is 47.9 Å². The fourth-order valence-corrected chi connectivity index (χ4v) is 9.42. The van der Waals surface area contributed by atoms with E-state index in [1.807, 2.05) is 18.2 Å². The van der Waals surface area contributed by atoms with Gasteiger partial charge >= 0.3 is 6.01 Å². The standard InChI is InChI=1S/C36H38FN7O2/c1-3-21-6-4-7-22-12-26(45)13-27(30(21)22)32-31(37)33-28(15-38-32)34(43-17-24-8-9-25(18-43)39-24)41-35(40-33)46-20-36-10-5-11-44(36)29-19-42(2)16-23(29)14-36/h1,4,6-7,12-13,15,23-25,29,39,45H,5,8-11,14,16-20H2,2H3. The van der Waals surface area contributed by atoms with Crippen LogP contribution in [0.25, 0.3) is 32.9 Å². The van der Waals surface area contributed by atoms with Crippen LogP contribution in [-0.2, 0) is 0 Å². The van der Waals surface area contributed by atoms with Gasteiger partial charge in [-0.1, -0.05) is 18.1 Å². The lowest BCUT2D eigenvalue weighted by atomic mass is 9.90. The zero-order valence-electron chi connectivity index (χ0n) is 26.0. The number of hydrogen-bond acceptors (Lipinski definition) is 9. The second kappa shape index (κ2) is 10.5. The van der Waals surface area contributed by atoms with Crippen LogP contribution >= 0.6 is 0 Å². The Balaban J connectivity index is 1.15. The summed E-state index contributed by atoms with van der Waals surface area (Å²) in [5.74, 6) is 3.45. The molecule has 0 saturated carbocycles. The van der Waals surface area contributed by atoms with Crippen molar-refractivity contribution < 1.29 is 14.2 Å². The number of terminal acetylenes is 1. The van der Waals surface area contributed by atoms with Crippen molar-refractivity contribution in [1.29, 1.82) is 0 Å². The zero-order chi connectivity index (χ0) is 31.2. The molecule has 4 aromatic rings. The Bertz CT molecular complexity index is 1920. The molecule has 5 unspecified atom stereocenters. The van der Waals surface area contributed by atoms with E-state index in [4.69, 9.17) is 21.1 Å². The summed E-state index contributed by atoms with van der Waals surface area (Å²) in [6.07, 6.45) is 13.1. The van der Waals surface area contributed by atoms with Crippen molar-refractivity contribution in [2.45, 2.75) is 55.8 Å². The molecule has 0 radical (unpaired) electrons. The molecule has 5 atom stereocenters. The first-order chi connectivity index (χ1) is 22.4. The number of rotatable bonds is 5. The number of benzene rings is 2. The average molecular weight is 620 g/mol. The number of likely N-dealkylation sites (tertiary alicyclic amines) is 1. The molecule has 5 saturated heterocycles. The summed E-state index contributed by atoms with van der Waals surface area (Å²) in [7, 11) is 2.21. The molecule has 5 aliphatic heterocycles. The Morgan fingerprint density at radius 2 is 2.00 bits per heavy atom. The van der Waals surface area contributed by atoms with Gasteiger partial charge in [0.2, 0.25) is 0 Å². The molecule has 0 aliphatic carbocycles. The smallest absolute Gasteiger partial charge is 0.319 e. The number of nitrogens with zero attached hydrogens (tertiary/aromatic N) is 6. The van der Waals surface area contributed by atoms with Gasteiger partial charge in [-0.05, 0) is 75.2 Å². The molecule has 9 nitrogen and oxygen atoms in total. The first kappa shape index (κ1) is 28.2. The van der Waals surface area contributed by atoms with Gasteiger partial charge in [-0.15, -0.1) is 6.42 Å². The number of phenols is 1. The van der Waals surface area contributed by atoms with Crippen LogP contribution in [0.4, 0.5) is 10.2 Å². The lowest BCUT2D eigenvalue weighted by Crippen LogP contribution is -2.51. The Labute approximate surface area is 267 Å². The fourth-order valence-electron chi connectivity index (χ4n) is 9.42. The highest BCUT2D eigenvalue weighted by Crippen LogP contribution is 2.48. The minimum atomic E-state index is -0.582. The predicted octanol–water partition coefficient (Wildman–Crippen LogP) is 4.16. The molecule has 0 amide bonds. The maximum Gasteiger partial charge on any atom is 0.319 e. The quantitative estimate of drug-likeness (QED) is 0.320. The van der Waals surface area contributed by atoms with Crippen molar-refractivity contribution in [3.8, 4) is 35.4 Å². The third-order valence-electron chi connectivity index (χ3n) is 11.3. The molecule has 0 spiro atoms. The van der Waals surface area contributed by atoms with Crippen molar-refractivity contribution in [2.24, 2.45) is 5.92 Å². The van der Waals surface area contributed by atoms with E-state index in [0.29, 0.717) is 63.8 Å². The average Bonchev–Trinajstić information content (AvgIpc) is 3.79. The molecule has 5 aliphatic rings. The number of nitrogens with one attached hydrogen (secondary N) is 1. The number of likely N-dealkylation sites (N-methyl/N-ethyl adjacent to an activating group) is 1. The number of ether oxygens (including phenoxy) is 1. The third-order valence-corrected chi connectivity index (χ3v) is 11.3. The number of fused-ring (bicyclic) bond motifs is 7. The summed E-state index contributed by atoms with van der Waals surface area (Å²) in [6.45, 7) is 5.36. The minimum absolute atomic E-state index is 0.00885. The molecule has 236 valence electrons. The summed E-state index contributed by atoms with van der Waals surface area (Å²) < 4.78 is 23.5. The molecule has 10 heteroatoms. The number of phenolic OH excluding ortho intramolecular Hbond substituents is 1. The molecular formula is C36H38FN7O2. The summed E-state index contributed by atoms with van der Waals surface area (Å²) in [5.41, 5.74) is 1.24. The van der Waals surface area contributed by atoms with Crippen molar-refractivity contribution in [1.82, 2.24) is 30.1 Å². The normalized spacial score (nSPS) is 29.0. The summed E-state index contributed by atoms with van der Waals surface area (Å²) in [5, 5.41) is 16.2. The van der Waals surface area contributed by atoms with Gasteiger partial charge in [0, 0.05) is 67.0 Å². The van der Waals surface area contributed by atoms with Crippen LogP contribution in [0.15, 0.2) is 36.5 Å². The van der Waals surface area contributed by atoms with Crippen LogP contribution in [0, 0.1) is 24.1 Å². The van der Waals surface area contributed by atoms with E-state index in [9.17, 15) is 5.11 Å². The highest BCUT2D eigenvalue weighted by molar-refractivity contribution is 6.02. The third kappa shape index (κ3) is 4.36. The van der Waals surface area contributed by atoms with E-state index in [1.54, 1.807) is 12.3 Å². The van der Waals surface area contributed by atoms with Gasteiger partial charge in [-0.2, -0.15) is 9.97 Å². The lowest BCUT2D eigenvalue weighted by Gasteiger charge is -2.35. The number of pyridine rings is 1. The fraction of sp³-hybridized carbons (Fsp3) is 0.472. The Morgan fingerprint density at radius 3 is 2.83 bits per heavy atom. The maximum absolute atomic E-state index is 16.9. The molecule has 2 aromatic heterocycles. The van der Waals surface area contributed by atoms with Crippen LogP contribution in [0.2, 0.25) is 0 Å². The highest BCUT2D eigenvalue weighted by Gasteiger charge is 2.56. The van der Waals surface area contributed by atoms with Gasteiger partial charge in [-0.25, -0.2) is 4.39 Å². The largest absolute Gasteiger partial charge is 0.508 e. The van der Waals surface area contributed by atoms with Gasteiger partial charge in [0.25, 0.3) is 0 Å². The van der Waals surface area contributed by atoms with Gasteiger partial charge in [0.05, 0.1) is 10.9 Å². The number of halogens is 1. The minimum Gasteiger partial charge on any atom is -0.508 e. The summed E-state index contributed by atoms with van der Waals surface area (Å²) in [6, 6.07) is 10.1. The molecule has 46 heavy (non-hydrogen) atoms. The second-order valence-electron chi connectivity index (χ2n) is 14.2. The molecule has 2 aromatic carbocycles. The lowest BCUT2D eigenvalue weighted by molar-refractivity contribution is 0.0794. The molecule has 2 N–H and O–H groups in total.